The lowest BCUT2D eigenvalue weighted by atomic mass is 10.0. The zero-order chi connectivity index (χ0) is 16.3. The molecule has 8 heteroatoms. The lowest BCUT2D eigenvalue weighted by molar-refractivity contribution is 0.180. The SMILES string of the molecule is CS(=O)(=O)N1CCC[C@@H](COc2ccc(-c3ccn[nH]3)nc2)C1. The van der Waals surface area contributed by atoms with Gasteiger partial charge in [0.15, 0.2) is 0 Å². The molecular weight excluding hydrogens is 316 g/mol. The molecule has 0 unspecified atom stereocenters. The van der Waals surface area contributed by atoms with Crippen LogP contribution in [0, 0.1) is 5.92 Å². The van der Waals surface area contributed by atoms with Gasteiger partial charge in [-0.3, -0.25) is 10.1 Å². The van der Waals surface area contributed by atoms with Gasteiger partial charge in [-0.2, -0.15) is 5.10 Å². The highest BCUT2D eigenvalue weighted by Gasteiger charge is 2.26. The molecule has 0 spiro atoms. The molecule has 124 valence electrons. The summed E-state index contributed by atoms with van der Waals surface area (Å²) >= 11 is 0. The number of nitrogens with zero attached hydrogens (tertiary/aromatic N) is 3. The van der Waals surface area contributed by atoms with E-state index in [1.807, 2.05) is 18.2 Å². The quantitative estimate of drug-likeness (QED) is 0.894. The van der Waals surface area contributed by atoms with Gasteiger partial charge in [0.25, 0.3) is 0 Å². The summed E-state index contributed by atoms with van der Waals surface area (Å²) in [6.07, 6.45) is 6.46. The highest BCUT2D eigenvalue weighted by atomic mass is 32.2. The fourth-order valence-corrected chi connectivity index (χ4v) is 3.64. The normalized spacial score (nSPS) is 19.6. The van der Waals surface area contributed by atoms with Crippen molar-refractivity contribution in [3.05, 3.63) is 30.6 Å². The van der Waals surface area contributed by atoms with Crippen molar-refractivity contribution >= 4 is 10.0 Å². The van der Waals surface area contributed by atoms with Crippen molar-refractivity contribution in [1.29, 1.82) is 0 Å². The third-order valence-electron chi connectivity index (χ3n) is 3.95. The minimum Gasteiger partial charge on any atom is -0.492 e. The molecule has 2 aromatic heterocycles. The zero-order valence-electron chi connectivity index (χ0n) is 13.0. The molecule has 0 aliphatic carbocycles. The third kappa shape index (κ3) is 4.08. The molecule has 0 bridgehead atoms. The Morgan fingerprint density at radius 2 is 2.26 bits per heavy atom. The lowest BCUT2D eigenvalue weighted by Gasteiger charge is -2.30. The minimum absolute atomic E-state index is 0.214. The number of hydrogen-bond donors (Lipinski definition) is 1. The topological polar surface area (TPSA) is 88.2 Å². The first kappa shape index (κ1) is 15.9. The van der Waals surface area contributed by atoms with Gasteiger partial charge in [0.1, 0.15) is 5.75 Å². The molecule has 3 heterocycles. The molecule has 7 nitrogen and oxygen atoms in total. The molecule has 1 saturated heterocycles. The summed E-state index contributed by atoms with van der Waals surface area (Å²) in [6.45, 7) is 1.63. The van der Waals surface area contributed by atoms with Crippen LogP contribution in [0.3, 0.4) is 0 Å². The van der Waals surface area contributed by atoms with Crippen LogP contribution >= 0.6 is 0 Å². The molecule has 0 saturated carbocycles. The van der Waals surface area contributed by atoms with E-state index in [0.29, 0.717) is 25.4 Å². The van der Waals surface area contributed by atoms with Crippen molar-refractivity contribution in [2.45, 2.75) is 12.8 Å². The lowest BCUT2D eigenvalue weighted by Crippen LogP contribution is -2.40. The van der Waals surface area contributed by atoms with Gasteiger partial charge in [0.2, 0.25) is 10.0 Å². The van der Waals surface area contributed by atoms with Crippen molar-refractivity contribution in [3.63, 3.8) is 0 Å². The first-order valence-corrected chi connectivity index (χ1v) is 9.41. The molecule has 1 N–H and O–H groups in total. The summed E-state index contributed by atoms with van der Waals surface area (Å²) in [7, 11) is -3.12. The van der Waals surface area contributed by atoms with Crippen LogP contribution in [0.15, 0.2) is 30.6 Å². The van der Waals surface area contributed by atoms with Crippen molar-refractivity contribution in [2.75, 3.05) is 26.0 Å². The summed E-state index contributed by atoms with van der Waals surface area (Å²) in [4.78, 5) is 4.34. The molecule has 2 aromatic rings. The fraction of sp³-hybridized carbons (Fsp3) is 0.467. The number of H-pyrrole nitrogens is 1. The molecule has 0 aromatic carbocycles. The largest absolute Gasteiger partial charge is 0.492 e. The first-order chi connectivity index (χ1) is 11.0. The number of sulfonamides is 1. The smallest absolute Gasteiger partial charge is 0.211 e. The second-order valence-electron chi connectivity index (χ2n) is 5.79. The van der Waals surface area contributed by atoms with Crippen LogP contribution in [-0.2, 0) is 10.0 Å². The van der Waals surface area contributed by atoms with E-state index in [2.05, 4.69) is 15.2 Å². The van der Waals surface area contributed by atoms with Crippen molar-refractivity contribution < 1.29 is 13.2 Å². The summed E-state index contributed by atoms with van der Waals surface area (Å²) < 4.78 is 30.5. The van der Waals surface area contributed by atoms with Gasteiger partial charge in [0, 0.05) is 25.2 Å². The van der Waals surface area contributed by atoms with Crippen molar-refractivity contribution in [1.82, 2.24) is 19.5 Å². The second kappa shape index (κ2) is 6.67. The van der Waals surface area contributed by atoms with E-state index in [1.54, 1.807) is 12.4 Å². The van der Waals surface area contributed by atoms with E-state index in [9.17, 15) is 8.42 Å². The maximum Gasteiger partial charge on any atom is 0.211 e. The van der Waals surface area contributed by atoms with Crippen molar-refractivity contribution in [3.8, 4) is 17.1 Å². The summed E-state index contributed by atoms with van der Waals surface area (Å²) in [6, 6.07) is 5.58. The molecule has 1 aliphatic heterocycles. The van der Waals surface area contributed by atoms with Crippen LogP contribution in [0.2, 0.25) is 0 Å². The molecule has 0 amide bonds. The molecular formula is C15H20N4O3S. The standard InChI is InChI=1S/C15H20N4O3S/c1-23(20,21)19-8-2-3-12(10-19)11-22-13-4-5-14(16-9-13)15-6-7-17-18-15/h4-7,9,12H,2-3,8,10-11H2,1H3,(H,17,18)/t12-/m1/s1. The number of rotatable bonds is 5. The van der Waals surface area contributed by atoms with Crippen LogP contribution < -0.4 is 4.74 Å². The van der Waals surface area contributed by atoms with Gasteiger partial charge < -0.3 is 4.74 Å². The van der Waals surface area contributed by atoms with E-state index in [4.69, 9.17) is 4.74 Å². The van der Waals surface area contributed by atoms with Gasteiger partial charge in [-0.05, 0) is 31.0 Å². The Bertz CT molecular complexity index is 729. The number of ether oxygens (including phenoxy) is 1. The number of nitrogens with one attached hydrogen (secondary N) is 1. The van der Waals surface area contributed by atoms with Gasteiger partial charge in [-0.15, -0.1) is 0 Å². The van der Waals surface area contributed by atoms with Gasteiger partial charge >= 0.3 is 0 Å². The van der Waals surface area contributed by atoms with Gasteiger partial charge in [-0.25, -0.2) is 12.7 Å². The molecule has 23 heavy (non-hydrogen) atoms. The highest BCUT2D eigenvalue weighted by molar-refractivity contribution is 7.88. The highest BCUT2D eigenvalue weighted by Crippen LogP contribution is 2.21. The summed E-state index contributed by atoms with van der Waals surface area (Å²) in [5, 5.41) is 6.76. The number of pyridine rings is 1. The Labute approximate surface area is 135 Å². The maximum absolute atomic E-state index is 11.6. The van der Waals surface area contributed by atoms with E-state index in [0.717, 1.165) is 24.2 Å². The van der Waals surface area contributed by atoms with E-state index >= 15 is 0 Å². The Morgan fingerprint density at radius 3 is 2.91 bits per heavy atom. The van der Waals surface area contributed by atoms with Gasteiger partial charge in [0.05, 0.1) is 30.4 Å². The maximum atomic E-state index is 11.6. The molecule has 0 radical (unpaired) electrons. The molecule has 1 fully saturated rings. The van der Waals surface area contributed by atoms with Crippen LogP contribution in [0.5, 0.6) is 5.75 Å². The number of hydrogen-bond acceptors (Lipinski definition) is 5. The Balaban J connectivity index is 1.56. The average molecular weight is 336 g/mol. The van der Waals surface area contributed by atoms with E-state index < -0.39 is 10.0 Å². The Morgan fingerprint density at radius 1 is 1.39 bits per heavy atom. The van der Waals surface area contributed by atoms with Crippen molar-refractivity contribution in [2.24, 2.45) is 5.92 Å². The fourth-order valence-electron chi connectivity index (χ4n) is 2.70. The third-order valence-corrected chi connectivity index (χ3v) is 5.22. The van der Waals surface area contributed by atoms with Crippen LogP contribution in [-0.4, -0.2) is 53.9 Å². The molecule has 1 atom stereocenters. The first-order valence-electron chi connectivity index (χ1n) is 7.56. The van der Waals surface area contributed by atoms with Crippen LogP contribution in [0.1, 0.15) is 12.8 Å². The van der Waals surface area contributed by atoms with Crippen LogP contribution in [0.4, 0.5) is 0 Å². The minimum atomic E-state index is -3.12. The number of aromatic amines is 1. The number of aromatic nitrogens is 3. The summed E-state index contributed by atoms with van der Waals surface area (Å²) in [5.74, 6) is 0.899. The van der Waals surface area contributed by atoms with E-state index in [-0.39, 0.29) is 5.92 Å². The Kier molecular flexibility index (Phi) is 4.63. The molecule has 1 aliphatic rings. The Hall–Kier alpha value is -1.93. The summed E-state index contributed by atoms with van der Waals surface area (Å²) in [5.41, 5.74) is 1.66. The predicted octanol–water partition coefficient (Wildman–Crippen LogP) is 1.52. The average Bonchev–Trinajstić information content (AvgIpc) is 3.07. The number of piperidine rings is 1. The monoisotopic (exact) mass is 336 g/mol. The van der Waals surface area contributed by atoms with Crippen LogP contribution in [0.25, 0.3) is 11.4 Å². The van der Waals surface area contributed by atoms with Gasteiger partial charge in [-0.1, -0.05) is 0 Å². The molecule has 3 rings (SSSR count). The second-order valence-corrected chi connectivity index (χ2v) is 7.77. The van der Waals surface area contributed by atoms with E-state index in [1.165, 1.54) is 10.6 Å². The predicted molar refractivity (Wildman–Crippen MR) is 86.5 cm³/mol. The zero-order valence-corrected chi connectivity index (χ0v) is 13.8.